The number of nitrogens with two attached hydrogens (primary N) is 1. The largest absolute Gasteiger partial charge is 0.351 e. The molecule has 2 atom stereocenters. The minimum absolute atomic E-state index is 0.0728. The molecule has 4 N–H and O–H groups in total. The van der Waals surface area contributed by atoms with Gasteiger partial charge in [-0.1, -0.05) is 6.92 Å². The van der Waals surface area contributed by atoms with E-state index in [1.54, 1.807) is 6.92 Å². The van der Waals surface area contributed by atoms with Gasteiger partial charge in [0, 0.05) is 12.5 Å². The second kappa shape index (κ2) is 6.85. The molecule has 0 aliphatic carbocycles. The van der Waals surface area contributed by atoms with Crippen molar-refractivity contribution in [2.24, 2.45) is 5.73 Å². The van der Waals surface area contributed by atoms with Gasteiger partial charge in [-0.25, -0.2) is 4.79 Å². The fourth-order valence-electron chi connectivity index (χ4n) is 1.12. The lowest BCUT2D eigenvalue weighted by atomic mass is 10.1. The first-order valence-corrected chi connectivity index (χ1v) is 4.81. The van der Waals surface area contributed by atoms with Gasteiger partial charge in [0.05, 0.1) is 6.04 Å². The zero-order valence-electron chi connectivity index (χ0n) is 9.04. The van der Waals surface area contributed by atoms with E-state index in [-0.39, 0.29) is 6.04 Å². The highest BCUT2D eigenvalue weighted by Crippen LogP contribution is 1.98. The first-order valence-electron chi connectivity index (χ1n) is 4.81. The highest BCUT2D eigenvalue weighted by atomic mass is 16.2. The summed E-state index contributed by atoms with van der Waals surface area (Å²) >= 11 is 0. The van der Waals surface area contributed by atoms with Crippen LogP contribution in [0.5, 0.6) is 0 Å². The lowest BCUT2D eigenvalue weighted by Gasteiger charge is -2.19. The van der Waals surface area contributed by atoms with Crippen molar-refractivity contribution in [1.82, 2.24) is 10.6 Å². The van der Waals surface area contributed by atoms with Crippen LogP contribution in [0.4, 0.5) is 4.79 Å². The Morgan fingerprint density at radius 1 is 1.53 bits per heavy atom. The van der Waals surface area contributed by atoms with Gasteiger partial charge in [-0.3, -0.25) is 10.1 Å². The van der Waals surface area contributed by atoms with Crippen LogP contribution >= 0.6 is 0 Å². The molecule has 3 amide bonds. The number of amides is 3. The summed E-state index contributed by atoms with van der Waals surface area (Å²) in [5.74, 6) is 2.07. The monoisotopic (exact) mass is 211 g/mol. The van der Waals surface area contributed by atoms with Gasteiger partial charge in [-0.05, 0) is 13.3 Å². The molecule has 0 aromatic heterocycles. The number of hydrogen-bond acceptors (Lipinski definition) is 3. The number of imide groups is 1. The maximum Gasteiger partial charge on any atom is 0.318 e. The highest BCUT2D eigenvalue weighted by Gasteiger charge is 2.17. The summed E-state index contributed by atoms with van der Waals surface area (Å²) in [4.78, 5) is 21.7. The minimum atomic E-state index is -0.848. The molecule has 0 bridgehead atoms. The van der Waals surface area contributed by atoms with Crippen molar-refractivity contribution < 1.29 is 9.59 Å². The second-order valence-corrected chi connectivity index (χ2v) is 3.26. The Kier molecular flexibility index (Phi) is 6.14. The van der Waals surface area contributed by atoms with Crippen molar-refractivity contribution in [3.63, 3.8) is 0 Å². The topological polar surface area (TPSA) is 84.2 Å². The molecule has 0 fully saturated rings. The van der Waals surface area contributed by atoms with Crippen LogP contribution in [-0.4, -0.2) is 24.0 Å². The zero-order chi connectivity index (χ0) is 11.8. The summed E-state index contributed by atoms with van der Waals surface area (Å²) in [5.41, 5.74) is 4.82. The third-order valence-corrected chi connectivity index (χ3v) is 1.98. The van der Waals surface area contributed by atoms with Gasteiger partial charge in [-0.2, -0.15) is 0 Å². The Hall–Kier alpha value is -1.54. The molecule has 0 saturated carbocycles. The smallest absolute Gasteiger partial charge is 0.318 e. The third-order valence-electron chi connectivity index (χ3n) is 1.98. The SMILES string of the molecule is C#CCC(CC)NC(C)C(=O)NC(N)=O. The second-order valence-electron chi connectivity index (χ2n) is 3.26. The summed E-state index contributed by atoms with van der Waals surface area (Å²) in [6.45, 7) is 3.62. The number of nitrogens with one attached hydrogen (secondary N) is 2. The van der Waals surface area contributed by atoms with Gasteiger partial charge in [0.25, 0.3) is 0 Å². The lowest BCUT2D eigenvalue weighted by Crippen LogP contribution is -2.49. The van der Waals surface area contributed by atoms with Crippen LogP contribution in [-0.2, 0) is 4.79 Å². The summed E-state index contributed by atoms with van der Waals surface area (Å²) in [7, 11) is 0. The van der Waals surface area contributed by atoms with E-state index < -0.39 is 18.0 Å². The van der Waals surface area contributed by atoms with Gasteiger partial charge in [0.15, 0.2) is 0 Å². The van der Waals surface area contributed by atoms with Crippen LogP contribution in [0.25, 0.3) is 0 Å². The van der Waals surface area contributed by atoms with Crippen LogP contribution in [0.3, 0.4) is 0 Å². The number of hydrogen-bond donors (Lipinski definition) is 3. The zero-order valence-corrected chi connectivity index (χ0v) is 9.04. The predicted molar refractivity (Wildman–Crippen MR) is 57.9 cm³/mol. The Labute approximate surface area is 89.8 Å². The molecule has 84 valence electrons. The molecular formula is C10H17N3O2. The summed E-state index contributed by atoms with van der Waals surface area (Å²) in [6.07, 6.45) is 6.54. The number of carbonyl (C=O) groups is 2. The van der Waals surface area contributed by atoms with E-state index in [9.17, 15) is 9.59 Å². The number of terminal acetylenes is 1. The van der Waals surface area contributed by atoms with Crippen molar-refractivity contribution >= 4 is 11.9 Å². The van der Waals surface area contributed by atoms with Gasteiger partial charge >= 0.3 is 6.03 Å². The van der Waals surface area contributed by atoms with E-state index in [1.807, 2.05) is 12.2 Å². The Bertz CT molecular complexity index is 270. The molecule has 0 aliphatic heterocycles. The van der Waals surface area contributed by atoms with E-state index in [0.717, 1.165) is 6.42 Å². The molecule has 2 unspecified atom stereocenters. The maximum atomic E-state index is 11.3. The van der Waals surface area contributed by atoms with E-state index in [2.05, 4.69) is 11.2 Å². The van der Waals surface area contributed by atoms with Gasteiger partial charge in [0.1, 0.15) is 0 Å². The first-order chi connectivity index (χ1) is 7.01. The summed E-state index contributed by atoms with van der Waals surface area (Å²) < 4.78 is 0. The van der Waals surface area contributed by atoms with Crippen LogP contribution in [0.2, 0.25) is 0 Å². The highest BCUT2D eigenvalue weighted by molar-refractivity contribution is 5.96. The molecular weight excluding hydrogens is 194 g/mol. The van der Waals surface area contributed by atoms with E-state index in [1.165, 1.54) is 0 Å². The number of rotatable bonds is 5. The lowest BCUT2D eigenvalue weighted by molar-refractivity contribution is -0.121. The summed E-state index contributed by atoms with van der Waals surface area (Å²) in [6, 6.07) is -1.27. The average molecular weight is 211 g/mol. The molecule has 0 radical (unpaired) electrons. The first kappa shape index (κ1) is 13.5. The Morgan fingerprint density at radius 3 is 2.53 bits per heavy atom. The molecule has 5 heteroatoms. The van der Waals surface area contributed by atoms with Crippen LogP contribution < -0.4 is 16.4 Å². The van der Waals surface area contributed by atoms with Crippen molar-refractivity contribution in [3.8, 4) is 12.3 Å². The van der Waals surface area contributed by atoms with E-state index in [4.69, 9.17) is 12.2 Å². The van der Waals surface area contributed by atoms with Gasteiger partial charge in [0.2, 0.25) is 5.91 Å². The number of primary amides is 1. The van der Waals surface area contributed by atoms with E-state index >= 15 is 0 Å². The molecule has 15 heavy (non-hydrogen) atoms. The standard InChI is InChI=1S/C10H17N3O2/c1-4-6-8(5-2)12-7(3)9(14)13-10(11)15/h1,7-8,12H,5-6H2,2-3H3,(H3,11,13,14,15). The predicted octanol–water partition coefficient (Wildman–Crippen LogP) is -0.0387. The molecule has 0 saturated heterocycles. The van der Waals surface area contributed by atoms with Crippen molar-refractivity contribution in [1.29, 1.82) is 0 Å². The molecule has 0 aromatic carbocycles. The van der Waals surface area contributed by atoms with Crippen molar-refractivity contribution in [2.45, 2.75) is 38.8 Å². The number of carbonyl (C=O) groups excluding carboxylic acids is 2. The van der Waals surface area contributed by atoms with Gasteiger partial charge < -0.3 is 11.1 Å². The molecule has 0 rings (SSSR count). The molecule has 0 spiro atoms. The minimum Gasteiger partial charge on any atom is -0.351 e. The van der Waals surface area contributed by atoms with Gasteiger partial charge in [-0.15, -0.1) is 12.3 Å². The third kappa shape index (κ3) is 5.70. The molecule has 5 nitrogen and oxygen atoms in total. The fourth-order valence-corrected chi connectivity index (χ4v) is 1.12. The van der Waals surface area contributed by atoms with Crippen molar-refractivity contribution in [2.75, 3.05) is 0 Å². The maximum absolute atomic E-state index is 11.3. The summed E-state index contributed by atoms with van der Waals surface area (Å²) in [5, 5.41) is 5.01. The molecule has 0 aromatic rings. The fraction of sp³-hybridized carbons (Fsp3) is 0.600. The molecule has 0 aliphatic rings. The Morgan fingerprint density at radius 2 is 2.13 bits per heavy atom. The average Bonchev–Trinajstić information content (AvgIpc) is 2.15. The Balaban J connectivity index is 4.10. The van der Waals surface area contributed by atoms with Crippen molar-refractivity contribution in [3.05, 3.63) is 0 Å². The molecule has 0 heterocycles. The number of urea groups is 1. The van der Waals surface area contributed by atoms with Crippen LogP contribution in [0, 0.1) is 12.3 Å². The van der Waals surface area contributed by atoms with E-state index in [0.29, 0.717) is 6.42 Å². The quantitative estimate of drug-likeness (QED) is 0.558. The van der Waals surface area contributed by atoms with Crippen LogP contribution in [0.1, 0.15) is 26.7 Å². The normalized spacial score (nSPS) is 13.7. The van der Waals surface area contributed by atoms with Crippen LogP contribution in [0.15, 0.2) is 0 Å².